The maximum Gasteiger partial charge on any atom is 0.244 e. The van der Waals surface area contributed by atoms with Crippen LogP contribution in [0.4, 0.5) is 11.4 Å². The highest BCUT2D eigenvalue weighted by atomic mass is 32.2. The van der Waals surface area contributed by atoms with Gasteiger partial charge in [0, 0.05) is 43.9 Å². The monoisotopic (exact) mass is 376 g/mol. The van der Waals surface area contributed by atoms with Crippen LogP contribution in [0.1, 0.15) is 13.8 Å². The van der Waals surface area contributed by atoms with E-state index in [1.54, 1.807) is 12.1 Å². The smallest absolute Gasteiger partial charge is 0.244 e. The molecule has 8 heteroatoms. The fourth-order valence-electron chi connectivity index (χ4n) is 2.51. The van der Waals surface area contributed by atoms with Gasteiger partial charge in [0.15, 0.2) is 0 Å². The highest BCUT2D eigenvalue weighted by Crippen LogP contribution is 2.18. The first-order valence-corrected chi connectivity index (χ1v) is 9.83. The number of hydrogen-bond acceptors (Lipinski definition) is 5. The Morgan fingerprint density at radius 3 is 2.31 bits per heavy atom. The van der Waals surface area contributed by atoms with Crippen molar-refractivity contribution in [3.63, 3.8) is 0 Å². The summed E-state index contributed by atoms with van der Waals surface area (Å²) >= 11 is 0. The van der Waals surface area contributed by atoms with Crippen molar-refractivity contribution in [2.24, 2.45) is 0 Å². The van der Waals surface area contributed by atoms with Gasteiger partial charge in [-0.3, -0.25) is 9.78 Å². The van der Waals surface area contributed by atoms with Crippen LogP contribution in [0, 0.1) is 0 Å². The Morgan fingerprint density at radius 2 is 1.77 bits per heavy atom. The lowest BCUT2D eigenvalue weighted by molar-refractivity contribution is -0.116. The molecule has 2 rings (SSSR count). The van der Waals surface area contributed by atoms with Crippen LogP contribution in [0.5, 0.6) is 0 Å². The molecule has 7 nitrogen and oxygen atoms in total. The summed E-state index contributed by atoms with van der Waals surface area (Å²) in [6.45, 7) is 5.68. The SMILES string of the molecule is CCN(CC)c1ccc(NC(=O)CN(C)S(=O)(=O)c2cccnc2)cc1. The van der Waals surface area contributed by atoms with Crippen LogP contribution in [0.15, 0.2) is 53.7 Å². The van der Waals surface area contributed by atoms with Gasteiger partial charge in [-0.05, 0) is 50.2 Å². The van der Waals surface area contributed by atoms with Crippen LogP contribution in [0.2, 0.25) is 0 Å². The second-order valence-electron chi connectivity index (χ2n) is 5.72. The van der Waals surface area contributed by atoms with E-state index in [0.717, 1.165) is 23.1 Å². The molecule has 1 heterocycles. The highest BCUT2D eigenvalue weighted by Gasteiger charge is 2.23. The van der Waals surface area contributed by atoms with Gasteiger partial charge in [-0.2, -0.15) is 4.31 Å². The molecular formula is C18H24N4O3S. The van der Waals surface area contributed by atoms with E-state index in [-0.39, 0.29) is 11.4 Å². The molecule has 0 unspecified atom stereocenters. The molecule has 0 atom stereocenters. The molecule has 0 aliphatic heterocycles. The molecule has 0 aliphatic rings. The van der Waals surface area contributed by atoms with E-state index in [2.05, 4.69) is 29.0 Å². The van der Waals surface area contributed by atoms with Crippen molar-refractivity contribution in [1.29, 1.82) is 0 Å². The van der Waals surface area contributed by atoms with E-state index < -0.39 is 15.9 Å². The quantitative estimate of drug-likeness (QED) is 0.764. The van der Waals surface area contributed by atoms with E-state index in [1.165, 1.54) is 31.6 Å². The minimum atomic E-state index is -3.75. The predicted molar refractivity (Wildman–Crippen MR) is 103 cm³/mol. The van der Waals surface area contributed by atoms with Crippen molar-refractivity contribution >= 4 is 27.3 Å². The van der Waals surface area contributed by atoms with E-state index in [0.29, 0.717) is 5.69 Å². The van der Waals surface area contributed by atoms with E-state index >= 15 is 0 Å². The van der Waals surface area contributed by atoms with Crippen molar-refractivity contribution in [2.75, 3.05) is 36.9 Å². The number of nitrogens with one attached hydrogen (secondary N) is 1. The number of amides is 1. The lowest BCUT2D eigenvalue weighted by Gasteiger charge is -2.21. The molecule has 0 spiro atoms. The summed E-state index contributed by atoms with van der Waals surface area (Å²) < 4.78 is 25.8. The molecule has 0 fully saturated rings. The number of carbonyl (C=O) groups excluding carboxylic acids is 1. The molecule has 140 valence electrons. The molecule has 0 radical (unpaired) electrons. The van der Waals surface area contributed by atoms with Crippen LogP contribution in [0.25, 0.3) is 0 Å². The first-order chi connectivity index (χ1) is 12.4. The third-order valence-electron chi connectivity index (χ3n) is 3.99. The maximum atomic E-state index is 12.4. The third kappa shape index (κ3) is 4.80. The Kier molecular flexibility index (Phi) is 6.70. The summed E-state index contributed by atoms with van der Waals surface area (Å²) in [6.07, 6.45) is 2.75. The number of aromatic nitrogens is 1. The molecular weight excluding hydrogens is 352 g/mol. The van der Waals surface area contributed by atoms with Gasteiger partial charge in [-0.25, -0.2) is 8.42 Å². The summed E-state index contributed by atoms with van der Waals surface area (Å²) in [4.78, 5) is 18.2. The van der Waals surface area contributed by atoms with Crippen molar-refractivity contribution in [3.8, 4) is 0 Å². The van der Waals surface area contributed by atoms with Crippen LogP contribution in [-0.2, 0) is 14.8 Å². The standard InChI is InChI=1S/C18H24N4O3S/c1-4-22(5-2)16-10-8-15(9-11-16)20-18(23)14-21(3)26(24,25)17-7-6-12-19-13-17/h6-13H,4-5,14H2,1-3H3,(H,20,23). The van der Waals surface area contributed by atoms with Crippen molar-refractivity contribution in [2.45, 2.75) is 18.7 Å². The number of hydrogen-bond donors (Lipinski definition) is 1. The summed E-state index contributed by atoms with van der Waals surface area (Å²) in [5, 5.41) is 2.72. The van der Waals surface area contributed by atoms with E-state index in [4.69, 9.17) is 0 Å². The number of carbonyl (C=O) groups is 1. The molecule has 0 aliphatic carbocycles. The normalized spacial score (nSPS) is 11.4. The largest absolute Gasteiger partial charge is 0.372 e. The molecule has 2 aromatic rings. The van der Waals surface area contributed by atoms with Gasteiger partial charge in [0.2, 0.25) is 15.9 Å². The van der Waals surface area contributed by atoms with Crippen LogP contribution < -0.4 is 10.2 Å². The lowest BCUT2D eigenvalue weighted by atomic mass is 10.2. The number of benzene rings is 1. The van der Waals surface area contributed by atoms with Crippen LogP contribution in [0.3, 0.4) is 0 Å². The molecule has 1 amide bonds. The molecule has 1 N–H and O–H groups in total. The van der Waals surface area contributed by atoms with Gasteiger partial charge in [-0.1, -0.05) is 0 Å². The Hall–Kier alpha value is -2.45. The topological polar surface area (TPSA) is 82.6 Å². The Labute approximate surface area is 154 Å². The zero-order chi connectivity index (χ0) is 19.2. The van der Waals surface area contributed by atoms with E-state index in [9.17, 15) is 13.2 Å². The summed E-state index contributed by atoms with van der Waals surface area (Å²) in [5.74, 6) is -0.407. The average molecular weight is 376 g/mol. The number of anilines is 2. The summed E-state index contributed by atoms with van der Waals surface area (Å²) in [7, 11) is -2.38. The molecule has 0 saturated heterocycles. The first-order valence-electron chi connectivity index (χ1n) is 8.39. The Bertz CT molecular complexity index is 819. The third-order valence-corrected chi connectivity index (χ3v) is 5.78. The van der Waals surface area contributed by atoms with Crippen molar-refractivity contribution < 1.29 is 13.2 Å². The highest BCUT2D eigenvalue weighted by molar-refractivity contribution is 7.89. The second kappa shape index (κ2) is 8.77. The zero-order valence-electron chi connectivity index (χ0n) is 15.2. The Morgan fingerprint density at radius 1 is 1.12 bits per heavy atom. The van der Waals surface area contributed by atoms with Gasteiger partial charge in [0.1, 0.15) is 4.90 Å². The van der Waals surface area contributed by atoms with Gasteiger partial charge in [0.25, 0.3) is 0 Å². The average Bonchev–Trinajstić information content (AvgIpc) is 2.64. The minimum Gasteiger partial charge on any atom is -0.372 e. The molecule has 0 bridgehead atoms. The maximum absolute atomic E-state index is 12.4. The lowest BCUT2D eigenvalue weighted by Crippen LogP contribution is -2.35. The summed E-state index contributed by atoms with van der Waals surface area (Å²) in [5.41, 5.74) is 1.70. The number of rotatable bonds is 8. The van der Waals surface area contributed by atoms with Crippen LogP contribution in [-0.4, -0.2) is 50.3 Å². The molecule has 1 aromatic carbocycles. The number of nitrogens with zero attached hydrogens (tertiary/aromatic N) is 3. The number of pyridine rings is 1. The number of likely N-dealkylation sites (N-methyl/N-ethyl adjacent to an activating group) is 1. The van der Waals surface area contributed by atoms with Crippen molar-refractivity contribution in [1.82, 2.24) is 9.29 Å². The van der Waals surface area contributed by atoms with Gasteiger partial charge >= 0.3 is 0 Å². The fourth-order valence-corrected chi connectivity index (χ4v) is 3.60. The minimum absolute atomic E-state index is 0.0545. The summed E-state index contributed by atoms with van der Waals surface area (Å²) in [6, 6.07) is 10.5. The van der Waals surface area contributed by atoms with E-state index in [1.807, 2.05) is 12.1 Å². The Balaban J connectivity index is 2.00. The fraction of sp³-hybridized carbons (Fsp3) is 0.333. The molecule has 1 aromatic heterocycles. The van der Waals surface area contributed by atoms with Crippen LogP contribution >= 0.6 is 0 Å². The van der Waals surface area contributed by atoms with Crippen molar-refractivity contribution in [3.05, 3.63) is 48.8 Å². The predicted octanol–water partition coefficient (Wildman–Crippen LogP) is 2.19. The molecule has 0 saturated carbocycles. The second-order valence-corrected chi connectivity index (χ2v) is 7.76. The zero-order valence-corrected chi connectivity index (χ0v) is 16.0. The van der Waals surface area contributed by atoms with Gasteiger partial charge < -0.3 is 10.2 Å². The molecule has 26 heavy (non-hydrogen) atoms. The first kappa shape index (κ1) is 19.9. The number of sulfonamides is 1. The van der Waals surface area contributed by atoms with Gasteiger partial charge in [-0.15, -0.1) is 0 Å². The van der Waals surface area contributed by atoms with Gasteiger partial charge in [0.05, 0.1) is 6.54 Å².